The summed E-state index contributed by atoms with van der Waals surface area (Å²) >= 11 is 0. The molecule has 1 aliphatic carbocycles. The summed E-state index contributed by atoms with van der Waals surface area (Å²) in [6.45, 7) is 0.683. The van der Waals surface area contributed by atoms with E-state index in [1.54, 1.807) is 36.5 Å². The molecule has 1 saturated carbocycles. The van der Waals surface area contributed by atoms with Crippen molar-refractivity contribution in [1.82, 2.24) is 29.8 Å². The molecule has 2 aromatic carbocycles. The molecule has 1 fully saturated rings. The number of likely N-dealkylation sites (N-methyl/N-ethyl adjacent to an activating group) is 1. The first-order valence-corrected chi connectivity index (χ1v) is 15.6. The van der Waals surface area contributed by atoms with Crippen LogP contribution in [-0.2, 0) is 4.79 Å². The molecule has 0 saturated heterocycles. The molecule has 3 N–H and O–H groups in total. The predicted octanol–water partition coefficient (Wildman–Crippen LogP) is 5.67. The number of hydrogen-bond acceptors (Lipinski definition) is 7. The van der Waals surface area contributed by atoms with Crippen LogP contribution >= 0.6 is 0 Å². The summed E-state index contributed by atoms with van der Waals surface area (Å²) in [4.78, 5) is 36.7. The number of anilines is 2. The Morgan fingerprint density at radius 2 is 1.74 bits per heavy atom. The van der Waals surface area contributed by atoms with Gasteiger partial charge in [-0.25, -0.2) is 14.5 Å². The first-order valence-electron chi connectivity index (χ1n) is 15.6. The number of amides is 2. The number of pyridine rings is 1. The lowest BCUT2D eigenvalue weighted by Gasteiger charge is -2.30. The molecule has 2 atom stereocenters. The van der Waals surface area contributed by atoms with Gasteiger partial charge in [-0.3, -0.25) is 9.59 Å². The molecular weight excluding hydrogens is 576 g/mol. The second kappa shape index (κ2) is 14.2. The summed E-state index contributed by atoms with van der Waals surface area (Å²) in [5, 5.41) is 14.4. The van der Waals surface area contributed by atoms with E-state index in [1.807, 2.05) is 72.2 Å². The van der Waals surface area contributed by atoms with Crippen molar-refractivity contribution in [3.63, 3.8) is 0 Å². The van der Waals surface area contributed by atoms with Crippen LogP contribution in [0.15, 0.2) is 103 Å². The van der Waals surface area contributed by atoms with E-state index in [1.165, 1.54) is 6.08 Å². The summed E-state index contributed by atoms with van der Waals surface area (Å²) in [6, 6.07) is 25.2. The summed E-state index contributed by atoms with van der Waals surface area (Å²) in [7, 11) is 3.88. The van der Waals surface area contributed by atoms with Gasteiger partial charge in [0, 0.05) is 53.9 Å². The summed E-state index contributed by atoms with van der Waals surface area (Å²) in [5.41, 5.74) is 5.80. The molecule has 234 valence electrons. The van der Waals surface area contributed by atoms with E-state index < -0.39 is 0 Å². The predicted molar refractivity (Wildman–Crippen MR) is 182 cm³/mol. The van der Waals surface area contributed by atoms with Crippen molar-refractivity contribution in [3.05, 3.63) is 109 Å². The third-order valence-electron chi connectivity index (χ3n) is 8.00. The van der Waals surface area contributed by atoms with Crippen LogP contribution in [0.3, 0.4) is 0 Å². The van der Waals surface area contributed by atoms with Gasteiger partial charge in [0.2, 0.25) is 11.9 Å². The van der Waals surface area contributed by atoms with E-state index in [4.69, 9.17) is 10.1 Å². The molecule has 5 aromatic rings. The lowest BCUT2D eigenvalue weighted by Crippen LogP contribution is -2.42. The van der Waals surface area contributed by atoms with Crippen LogP contribution in [0.5, 0.6) is 0 Å². The average Bonchev–Trinajstić information content (AvgIpc) is 3.45. The van der Waals surface area contributed by atoms with Crippen molar-refractivity contribution in [2.24, 2.45) is 0 Å². The number of nitrogens with zero attached hydrogens (tertiary/aromatic N) is 5. The fraction of sp³-hybridized carbons (Fsp3) is 0.250. The highest BCUT2D eigenvalue weighted by Gasteiger charge is 2.25. The minimum absolute atomic E-state index is 0.0208. The van der Waals surface area contributed by atoms with Crippen molar-refractivity contribution >= 4 is 29.0 Å². The van der Waals surface area contributed by atoms with Crippen LogP contribution in [0.1, 0.15) is 36.0 Å². The lowest BCUT2D eigenvalue weighted by atomic mass is 9.91. The van der Waals surface area contributed by atoms with Crippen LogP contribution in [0.25, 0.3) is 28.0 Å². The van der Waals surface area contributed by atoms with E-state index in [9.17, 15) is 9.59 Å². The smallest absolute Gasteiger partial charge is 0.251 e. The highest BCUT2D eigenvalue weighted by Crippen LogP contribution is 2.34. The number of hydrogen-bond donors (Lipinski definition) is 3. The van der Waals surface area contributed by atoms with Gasteiger partial charge in [0.05, 0.1) is 16.8 Å². The van der Waals surface area contributed by atoms with Crippen molar-refractivity contribution < 1.29 is 9.59 Å². The number of rotatable bonds is 10. The molecule has 46 heavy (non-hydrogen) atoms. The second-order valence-corrected chi connectivity index (χ2v) is 11.8. The van der Waals surface area contributed by atoms with Gasteiger partial charge in [-0.05, 0) is 82.2 Å². The van der Waals surface area contributed by atoms with Crippen molar-refractivity contribution in [2.75, 3.05) is 31.3 Å². The van der Waals surface area contributed by atoms with Crippen LogP contribution in [0.4, 0.5) is 11.6 Å². The summed E-state index contributed by atoms with van der Waals surface area (Å²) < 4.78 is 1.88. The van der Waals surface area contributed by atoms with E-state index >= 15 is 0 Å². The van der Waals surface area contributed by atoms with Gasteiger partial charge in [0.1, 0.15) is 5.69 Å². The Morgan fingerprint density at radius 3 is 2.54 bits per heavy atom. The first kappa shape index (κ1) is 30.7. The van der Waals surface area contributed by atoms with Crippen LogP contribution < -0.4 is 16.0 Å². The van der Waals surface area contributed by atoms with Gasteiger partial charge >= 0.3 is 0 Å². The van der Waals surface area contributed by atoms with Gasteiger partial charge in [-0.2, -0.15) is 5.10 Å². The molecule has 1 aliphatic rings. The Kier molecular flexibility index (Phi) is 9.45. The monoisotopic (exact) mass is 614 g/mol. The molecule has 0 bridgehead atoms. The van der Waals surface area contributed by atoms with Gasteiger partial charge in [-0.15, -0.1) is 0 Å². The molecule has 10 nitrogen and oxygen atoms in total. The number of carbonyl (C=O) groups is 2. The zero-order chi connectivity index (χ0) is 31.9. The Morgan fingerprint density at radius 1 is 0.957 bits per heavy atom. The fourth-order valence-electron chi connectivity index (χ4n) is 5.78. The largest absolute Gasteiger partial charge is 0.351 e. The van der Waals surface area contributed by atoms with Crippen LogP contribution in [0, 0.1) is 0 Å². The minimum atomic E-state index is -0.204. The highest BCUT2D eigenvalue weighted by molar-refractivity contribution is 6.00. The SMILES string of the molecule is CN(C)CC=CC(=O)Nc1ccc(C(=O)NC2CCCC(Nc3nccc(-c4c(-c5ccccc5)nn5ccccc45)n3)C2)cc1. The maximum atomic E-state index is 13.1. The van der Waals surface area contributed by atoms with Gasteiger partial charge in [-0.1, -0.05) is 42.5 Å². The standard InChI is InChI=1S/C36H38N8O2/c1-43(2)22-9-15-32(45)38-27-18-16-26(17-19-27)35(46)39-28-12-8-13-29(24-28)40-36-37-21-20-30(41-36)33-31-14-6-7-23-44(31)42-34(33)25-10-4-3-5-11-25/h3-7,9-11,14-21,23,28-29H,8,12-13,22,24H2,1-2H3,(H,38,45)(H,39,46)(H,37,40,41). The van der Waals surface area contributed by atoms with Gasteiger partial charge < -0.3 is 20.9 Å². The van der Waals surface area contributed by atoms with Crippen molar-refractivity contribution in [1.29, 1.82) is 0 Å². The lowest BCUT2D eigenvalue weighted by molar-refractivity contribution is -0.111. The summed E-state index contributed by atoms with van der Waals surface area (Å²) in [6.07, 6.45) is 10.6. The normalized spacial score (nSPS) is 16.5. The number of nitrogens with one attached hydrogen (secondary N) is 3. The third-order valence-corrected chi connectivity index (χ3v) is 8.00. The van der Waals surface area contributed by atoms with Crippen molar-refractivity contribution in [2.45, 2.75) is 37.8 Å². The zero-order valence-electron chi connectivity index (χ0n) is 26.1. The first-order chi connectivity index (χ1) is 22.4. The third kappa shape index (κ3) is 7.47. The second-order valence-electron chi connectivity index (χ2n) is 11.8. The van der Waals surface area contributed by atoms with E-state index in [0.717, 1.165) is 53.7 Å². The number of benzene rings is 2. The molecule has 0 spiro atoms. The zero-order valence-corrected chi connectivity index (χ0v) is 26.1. The van der Waals surface area contributed by atoms with Crippen molar-refractivity contribution in [3.8, 4) is 22.5 Å². The van der Waals surface area contributed by atoms with E-state index in [0.29, 0.717) is 23.7 Å². The molecule has 3 aromatic heterocycles. The topological polar surface area (TPSA) is 117 Å². The van der Waals surface area contributed by atoms with Gasteiger partial charge in [0.15, 0.2) is 0 Å². The molecule has 3 heterocycles. The van der Waals surface area contributed by atoms with Crippen LogP contribution in [-0.4, -0.2) is 69.0 Å². The minimum Gasteiger partial charge on any atom is -0.351 e. The Labute approximate surface area is 268 Å². The Hall–Kier alpha value is -5.35. The van der Waals surface area contributed by atoms with E-state index in [2.05, 4.69) is 33.1 Å². The van der Waals surface area contributed by atoms with Gasteiger partial charge in [0.25, 0.3) is 5.91 Å². The molecular formula is C36H38N8O2. The molecule has 2 unspecified atom stereocenters. The van der Waals surface area contributed by atoms with E-state index in [-0.39, 0.29) is 23.9 Å². The molecule has 0 radical (unpaired) electrons. The molecule has 2 amide bonds. The number of aromatic nitrogens is 4. The maximum Gasteiger partial charge on any atom is 0.251 e. The fourth-order valence-corrected chi connectivity index (χ4v) is 5.78. The highest BCUT2D eigenvalue weighted by atomic mass is 16.2. The number of carbonyl (C=O) groups excluding carboxylic acids is 2. The maximum absolute atomic E-state index is 13.1. The molecule has 6 rings (SSSR count). The summed E-state index contributed by atoms with van der Waals surface area (Å²) in [5.74, 6) is 0.219. The Bertz CT molecular complexity index is 1830. The quantitative estimate of drug-likeness (QED) is 0.174. The van der Waals surface area contributed by atoms with Crippen LogP contribution in [0.2, 0.25) is 0 Å². The average molecular weight is 615 g/mol. The number of fused-ring (bicyclic) bond motifs is 1. The Balaban J connectivity index is 1.10. The molecule has 10 heteroatoms. The molecule has 0 aliphatic heterocycles.